The summed E-state index contributed by atoms with van der Waals surface area (Å²) < 4.78 is 13.4. The summed E-state index contributed by atoms with van der Waals surface area (Å²) in [6.45, 7) is 2.17. The molecule has 0 atom stereocenters. The van der Waals surface area contributed by atoms with Crippen LogP contribution in [0.25, 0.3) is 0 Å². The first-order valence-electron chi connectivity index (χ1n) is 6.22. The van der Waals surface area contributed by atoms with Crippen LogP contribution in [0, 0.1) is 15.9 Å². The van der Waals surface area contributed by atoms with Crippen molar-refractivity contribution in [3.05, 3.63) is 52.3 Å². The highest BCUT2D eigenvalue weighted by atomic mass is 19.1. The van der Waals surface area contributed by atoms with Crippen LogP contribution >= 0.6 is 0 Å². The first-order chi connectivity index (χ1) is 10.1. The molecule has 0 fully saturated rings. The Hall–Kier alpha value is -2.74. The first kappa shape index (κ1) is 14.7. The van der Waals surface area contributed by atoms with E-state index in [-0.39, 0.29) is 17.3 Å². The van der Waals surface area contributed by atoms with Gasteiger partial charge in [0.15, 0.2) is 0 Å². The predicted molar refractivity (Wildman–Crippen MR) is 77.8 cm³/mol. The van der Waals surface area contributed by atoms with E-state index in [1.54, 1.807) is 17.9 Å². The number of pyridine rings is 1. The molecule has 1 heterocycles. The van der Waals surface area contributed by atoms with Gasteiger partial charge < -0.3 is 10.3 Å². The van der Waals surface area contributed by atoms with E-state index in [0.717, 1.165) is 0 Å². The molecule has 2 rings (SSSR count). The molecule has 0 radical (unpaired) electrons. The van der Waals surface area contributed by atoms with Crippen LogP contribution in [0.2, 0.25) is 0 Å². The molecule has 1 aromatic heterocycles. The van der Waals surface area contributed by atoms with Gasteiger partial charge in [0.05, 0.1) is 4.92 Å². The average molecular weight is 291 g/mol. The number of halogens is 1. The fourth-order valence-electron chi connectivity index (χ4n) is 1.96. The molecule has 21 heavy (non-hydrogen) atoms. The van der Waals surface area contributed by atoms with Gasteiger partial charge in [-0.05, 0) is 31.2 Å². The number of hydrazine groups is 1. The number of rotatable bonds is 5. The molecule has 0 aliphatic heterocycles. The summed E-state index contributed by atoms with van der Waals surface area (Å²) >= 11 is 0. The van der Waals surface area contributed by atoms with Crippen molar-refractivity contribution in [2.45, 2.75) is 6.92 Å². The first-order valence-corrected chi connectivity index (χ1v) is 6.22. The smallest absolute Gasteiger partial charge is 0.312 e. The van der Waals surface area contributed by atoms with Crippen molar-refractivity contribution in [2.75, 3.05) is 16.9 Å². The van der Waals surface area contributed by atoms with Gasteiger partial charge in [-0.1, -0.05) is 6.07 Å². The van der Waals surface area contributed by atoms with Gasteiger partial charge >= 0.3 is 5.69 Å². The third-order valence-corrected chi connectivity index (χ3v) is 2.89. The van der Waals surface area contributed by atoms with E-state index < -0.39 is 10.7 Å². The normalized spacial score (nSPS) is 10.2. The average Bonchev–Trinajstić information content (AvgIpc) is 2.47. The van der Waals surface area contributed by atoms with Crippen LogP contribution in [-0.2, 0) is 0 Å². The Morgan fingerprint density at radius 1 is 1.43 bits per heavy atom. The number of aromatic nitrogens is 1. The number of nitrogen functional groups attached to an aromatic ring is 1. The van der Waals surface area contributed by atoms with E-state index in [0.29, 0.717) is 12.2 Å². The number of anilines is 3. The molecule has 1 aromatic carbocycles. The van der Waals surface area contributed by atoms with Crippen molar-refractivity contribution < 1.29 is 9.31 Å². The predicted octanol–water partition coefficient (Wildman–Crippen LogP) is 2.57. The van der Waals surface area contributed by atoms with E-state index in [4.69, 9.17) is 5.84 Å². The summed E-state index contributed by atoms with van der Waals surface area (Å²) in [6, 6.07) is 8.49. The van der Waals surface area contributed by atoms with Crippen LogP contribution in [0.4, 0.5) is 27.4 Å². The van der Waals surface area contributed by atoms with Crippen molar-refractivity contribution in [1.29, 1.82) is 0 Å². The maximum Gasteiger partial charge on any atom is 0.312 e. The van der Waals surface area contributed by atoms with Gasteiger partial charge in [0.25, 0.3) is 0 Å². The zero-order valence-corrected chi connectivity index (χ0v) is 11.3. The molecule has 3 N–H and O–H groups in total. The lowest BCUT2D eigenvalue weighted by molar-refractivity contribution is -0.384. The Kier molecular flexibility index (Phi) is 4.29. The summed E-state index contributed by atoms with van der Waals surface area (Å²) in [5.74, 6) is 5.24. The molecule has 0 saturated heterocycles. The molecule has 0 saturated carbocycles. The lowest BCUT2D eigenvalue weighted by Crippen LogP contribution is -2.20. The summed E-state index contributed by atoms with van der Waals surface area (Å²) in [4.78, 5) is 16.3. The molecule has 8 heteroatoms. The third kappa shape index (κ3) is 3.06. The Bertz CT molecular complexity index is 665. The standard InChI is InChI=1S/C13H14FN5O2/c1-2-18(10-5-3-4-9(14)8-10)13-11(19(20)21)6-7-12(16-13)17-15/h3-8H,2,15H2,1H3,(H,16,17). The number of benzene rings is 1. The van der Waals surface area contributed by atoms with Crippen LogP contribution in [0.5, 0.6) is 0 Å². The molecule has 7 nitrogen and oxygen atoms in total. The van der Waals surface area contributed by atoms with Crippen LogP contribution in [0.15, 0.2) is 36.4 Å². The molecular weight excluding hydrogens is 277 g/mol. The van der Waals surface area contributed by atoms with Gasteiger partial charge in [0.2, 0.25) is 5.82 Å². The summed E-state index contributed by atoms with van der Waals surface area (Å²) in [5, 5.41) is 11.2. The number of nitro groups is 1. The summed E-state index contributed by atoms with van der Waals surface area (Å²) in [6.07, 6.45) is 0. The van der Waals surface area contributed by atoms with Crippen molar-refractivity contribution in [3.63, 3.8) is 0 Å². The van der Waals surface area contributed by atoms with Crippen LogP contribution in [-0.4, -0.2) is 16.5 Å². The lowest BCUT2D eigenvalue weighted by atomic mass is 10.2. The second kappa shape index (κ2) is 6.14. The minimum Gasteiger partial charge on any atom is -0.321 e. The molecular formula is C13H14FN5O2. The Morgan fingerprint density at radius 3 is 2.76 bits per heavy atom. The van der Waals surface area contributed by atoms with Gasteiger partial charge in [-0.15, -0.1) is 0 Å². The largest absolute Gasteiger partial charge is 0.321 e. The Labute approximate surface area is 120 Å². The maximum atomic E-state index is 13.4. The van der Waals surface area contributed by atoms with Crippen LogP contribution in [0.3, 0.4) is 0 Å². The molecule has 0 aliphatic carbocycles. The zero-order valence-electron chi connectivity index (χ0n) is 11.3. The quantitative estimate of drug-likeness (QED) is 0.499. The Balaban J connectivity index is 2.57. The number of hydrogen-bond donors (Lipinski definition) is 2. The third-order valence-electron chi connectivity index (χ3n) is 2.89. The van der Waals surface area contributed by atoms with Crippen molar-refractivity contribution in [1.82, 2.24) is 4.98 Å². The molecule has 0 bridgehead atoms. The molecule has 0 unspecified atom stereocenters. The highest BCUT2D eigenvalue weighted by Crippen LogP contribution is 2.32. The van der Waals surface area contributed by atoms with E-state index in [9.17, 15) is 14.5 Å². The second-order valence-electron chi connectivity index (χ2n) is 4.16. The van der Waals surface area contributed by atoms with Gasteiger partial charge in [-0.3, -0.25) is 10.1 Å². The minimum atomic E-state index is -0.537. The lowest BCUT2D eigenvalue weighted by Gasteiger charge is -2.22. The molecule has 0 aliphatic rings. The number of nitrogens with one attached hydrogen (secondary N) is 1. The second-order valence-corrected chi connectivity index (χ2v) is 4.16. The topological polar surface area (TPSA) is 97.3 Å². The highest BCUT2D eigenvalue weighted by molar-refractivity contribution is 5.70. The number of nitrogens with two attached hydrogens (primary N) is 1. The van der Waals surface area contributed by atoms with Crippen LogP contribution < -0.4 is 16.2 Å². The molecule has 110 valence electrons. The van der Waals surface area contributed by atoms with Crippen molar-refractivity contribution in [3.8, 4) is 0 Å². The Morgan fingerprint density at radius 2 is 2.19 bits per heavy atom. The zero-order chi connectivity index (χ0) is 15.4. The van der Waals surface area contributed by atoms with E-state index in [1.165, 1.54) is 30.3 Å². The van der Waals surface area contributed by atoms with Gasteiger partial charge in [-0.2, -0.15) is 0 Å². The van der Waals surface area contributed by atoms with Gasteiger partial charge in [-0.25, -0.2) is 15.2 Å². The fraction of sp³-hybridized carbons (Fsp3) is 0.154. The minimum absolute atomic E-state index is 0.101. The molecule has 2 aromatic rings. The molecule has 0 spiro atoms. The summed E-state index contributed by atoms with van der Waals surface area (Å²) in [7, 11) is 0. The van der Waals surface area contributed by atoms with E-state index >= 15 is 0 Å². The monoisotopic (exact) mass is 291 g/mol. The fourth-order valence-corrected chi connectivity index (χ4v) is 1.96. The highest BCUT2D eigenvalue weighted by Gasteiger charge is 2.22. The number of nitrogens with zero attached hydrogens (tertiary/aromatic N) is 3. The SMILES string of the molecule is CCN(c1cccc(F)c1)c1nc(NN)ccc1[N+](=O)[O-]. The number of hydrogen-bond acceptors (Lipinski definition) is 6. The van der Waals surface area contributed by atoms with E-state index in [2.05, 4.69) is 10.4 Å². The van der Waals surface area contributed by atoms with Gasteiger partial charge in [0, 0.05) is 18.3 Å². The van der Waals surface area contributed by atoms with E-state index in [1.807, 2.05) is 0 Å². The van der Waals surface area contributed by atoms with Crippen molar-refractivity contribution in [2.24, 2.45) is 5.84 Å². The van der Waals surface area contributed by atoms with Crippen LogP contribution in [0.1, 0.15) is 6.92 Å². The molecule has 0 amide bonds. The van der Waals surface area contributed by atoms with Gasteiger partial charge in [0.1, 0.15) is 11.6 Å². The van der Waals surface area contributed by atoms with Crippen molar-refractivity contribution >= 4 is 23.0 Å². The summed E-state index contributed by atoms with van der Waals surface area (Å²) in [5.41, 5.74) is 2.63. The maximum absolute atomic E-state index is 13.4.